The number of hydrogen-bond acceptors (Lipinski definition) is 3. The number of carbonyl (C=O) groups excluding carboxylic acids is 3. The van der Waals surface area contributed by atoms with E-state index < -0.39 is 23.4 Å². The Bertz CT molecular complexity index is 948. The summed E-state index contributed by atoms with van der Waals surface area (Å²) in [6.45, 7) is 3.34. The van der Waals surface area contributed by atoms with Crippen LogP contribution in [-0.4, -0.2) is 29.3 Å². The number of benzene rings is 2. The summed E-state index contributed by atoms with van der Waals surface area (Å²) in [6.07, 6.45) is 0.350. The second kappa shape index (κ2) is 7.93. The predicted octanol–water partition coefficient (Wildman–Crippen LogP) is 4.21. The molecule has 1 fully saturated rings. The number of amides is 4. The van der Waals surface area contributed by atoms with E-state index in [0.29, 0.717) is 22.7 Å². The molecule has 1 unspecified atom stereocenters. The second-order valence-electron chi connectivity index (χ2n) is 6.60. The van der Waals surface area contributed by atoms with Crippen LogP contribution in [0.5, 0.6) is 0 Å². The van der Waals surface area contributed by atoms with Gasteiger partial charge in [-0.3, -0.25) is 14.5 Å². The van der Waals surface area contributed by atoms with Crippen LogP contribution in [0.25, 0.3) is 0 Å². The molecule has 1 saturated heterocycles. The SMILES string of the molecule is CCC1(c2ccc(Cl)cc2)NC(=O)N(CC(=O)Nc2ccc(Br)c(C)c2)C1=O. The third-order valence-corrected chi connectivity index (χ3v) is 5.93. The molecule has 28 heavy (non-hydrogen) atoms. The van der Waals surface area contributed by atoms with Gasteiger partial charge in [0, 0.05) is 15.2 Å². The largest absolute Gasteiger partial charge is 0.325 e. The van der Waals surface area contributed by atoms with Crippen molar-refractivity contribution in [3.8, 4) is 0 Å². The van der Waals surface area contributed by atoms with Crippen molar-refractivity contribution in [1.82, 2.24) is 10.2 Å². The van der Waals surface area contributed by atoms with Crippen LogP contribution in [0.4, 0.5) is 10.5 Å². The summed E-state index contributed by atoms with van der Waals surface area (Å²) in [7, 11) is 0. The summed E-state index contributed by atoms with van der Waals surface area (Å²) < 4.78 is 0.926. The number of urea groups is 1. The minimum absolute atomic E-state index is 0.350. The fourth-order valence-electron chi connectivity index (χ4n) is 3.21. The van der Waals surface area contributed by atoms with Gasteiger partial charge >= 0.3 is 6.03 Å². The van der Waals surface area contributed by atoms with Gasteiger partial charge in [-0.15, -0.1) is 0 Å². The Hall–Kier alpha value is -2.38. The zero-order chi connectivity index (χ0) is 20.5. The molecule has 3 rings (SSSR count). The molecule has 6 nitrogen and oxygen atoms in total. The molecule has 2 N–H and O–H groups in total. The molecule has 4 amide bonds. The van der Waals surface area contributed by atoms with Crippen molar-refractivity contribution in [1.29, 1.82) is 0 Å². The van der Waals surface area contributed by atoms with Crippen LogP contribution >= 0.6 is 27.5 Å². The van der Waals surface area contributed by atoms with Crippen molar-refractivity contribution in [3.05, 3.63) is 63.1 Å². The highest BCUT2D eigenvalue weighted by Gasteiger charge is 2.51. The Labute approximate surface area is 176 Å². The fraction of sp³-hybridized carbons (Fsp3) is 0.250. The van der Waals surface area contributed by atoms with Gasteiger partial charge in [-0.05, 0) is 54.8 Å². The Morgan fingerprint density at radius 3 is 2.50 bits per heavy atom. The molecule has 0 radical (unpaired) electrons. The van der Waals surface area contributed by atoms with E-state index in [2.05, 4.69) is 26.6 Å². The van der Waals surface area contributed by atoms with E-state index >= 15 is 0 Å². The quantitative estimate of drug-likeness (QED) is 0.651. The normalized spacial score (nSPS) is 18.9. The van der Waals surface area contributed by atoms with Gasteiger partial charge in [0.25, 0.3) is 5.91 Å². The first kappa shape index (κ1) is 20.4. The first-order valence-electron chi connectivity index (χ1n) is 8.73. The number of nitrogens with zero attached hydrogens (tertiary/aromatic N) is 1. The third kappa shape index (κ3) is 3.77. The number of rotatable bonds is 5. The predicted molar refractivity (Wildman–Crippen MR) is 111 cm³/mol. The smallest absolute Gasteiger partial charge is 0.325 e. The van der Waals surface area contributed by atoms with E-state index in [1.165, 1.54) is 0 Å². The Morgan fingerprint density at radius 2 is 1.89 bits per heavy atom. The van der Waals surface area contributed by atoms with Crippen molar-refractivity contribution in [2.45, 2.75) is 25.8 Å². The lowest BCUT2D eigenvalue weighted by Gasteiger charge is -2.25. The lowest BCUT2D eigenvalue weighted by molar-refractivity contribution is -0.134. The number of imide groups is 1. The van der Waals surface area contributed by atoms with E-state index in [1.54, 1.807) is 43.3 Å². The molecule has 1 aliphatic heterocycles. The summed E-state index contributed by atoms with van der Waals surface area (Å²) in [4.78, 5) is 38.9. The van der Waals surface area contributed by atoms with Crippen LogP contribution in [0.1, 0.15) is 24.5 Å². The zero-order valence-electron chi connectivity index (χ0n) is 15.4. The number of aryl methyl sites for hydroxylation is 1. The van der Waals surface area contributed by atoms with Crippen LogP contribution < -0.4 is 10.6 Å². The van der Waals surface area contributed by atoms with Gasteiger partial charge in [-0.2, -0.15) is 0 Å². The highest BCUT2D eigenvalue weighted by atomic mass is 79.9. The molecule has 146 valence electrons. The first-order valence-corrected chi connectivity index (χ1v) is 9.90. The molecule has 2 aromatic rings. The summed E-state index contributed by atoms with van der Waals surface area (Å²) in [5.41, 5.74) is 0.984. The van der Waals surface area contributed by atoms with Gasteiger partial charge in [-0.1, -0.05) is 46.6 Å². The second-order valence-corrected chi connectivity index (χ2v) is 7.89. The summed E-state index contributed by atoms with van der Waals surface area (Å²) in [5.74, 6) is -0.905. The summed E-state index contributed by atoms with van der Waals surface area (Å²) in [5, 5.41) is 6.00. The van der Waals surface area contributed by atoms with Crippen molar-refractivity contribution in [2.75, 3.05) is 11.9 Å². The number of carbonyl (C=O) groups is 3. The molecule has 1 atom stereocenters. The van der Waals surface area contributed by atoms with Crippen LogP contribution in [0.3, 0.4) is 0 Å². The van der Waals surface area contributed by atoms with Crippen molar-refractivity contribution in [3.63, 3.8) is 0 Å². The van der Waals surface area contributed by atoms with Gasteiger partial charge in [0.15, 0.2) is 0 Å². The maximum absolute atomic E-state index is 13.1. The lowest BCUT2D eigenvalue weighted by Crippen LogP contribution is -2.44. The van der Waals surface area contributed by atoms with Gasteiger partial charge in [0.05, 0.1) is 0 Å². The van der Waals surface area contributed by atoms with Crippen LogP contribution in [0.2, 0.25) is 5.02 Å². The molecular formula is C20H19BrClN3O3. The minimum Gasteiger partial charge on any atom is -0.325 e. The van der Waals surface area contributed by atoms with Crippen LogP contribution in [-0.2, 0) is 15.1 Å². The number of halogens is 2. The van der Waals surface area contributed by atoms with Gasteiger partial charge in [-0.25, -0.2) is 4.79 Å². The molecule has 0 spiro atoms. The monoisotopic (exact) mass is 463 g/mol. The Kier molecular flexibility index (Phi) is 5.76. The maximum atomic E-state index is 13.1. The van der Waals surface area contributed by atoms with Gasteiger partial charge < -0.3 is 10.6 Å². The molecule has 8 heteroatoms. The standard InChI is InChI=1S/C20H19BrClN3O3/c1-3-20(13-4-6-14(22)7-5-13)18(27)25(19(28)24-20)11-17(26)23-15-8-9-16(21)12(2)10-15/h4-10H,3,11H2,1-2H3,(H,23,26)(H,24,28). The average molecular weight is 465 g/mol. The van der Waals surface area contributed by atoms with Crippen molar-refractivity contribution in [2.24, 2.45) is 0 Å². The highest BCUT2D eigenvalue weighted by Crippen LogP contribution is 2.33. The van der Waals surface area contributed by atoms with Crippen LogP contribution in [0.15, 0.2) is 46.9 Å². The molecule has 0 aliphatic carbocycles. The molecule has 2 aromatic carbocycles. The third-order valence-electron chi connectivity index (χ3n) is 4.79. The summed E-state index contributed by atoms with van der Waals surface area (Å²) >= 11 is 9.33. The van der Waals surface area contributed by atoms with Crippen molar-refractivity contribution >= 4 is 51.1 Å². The molecule has 1 aliphatic rings. The van der Waals surface area contributed by atoms with E-state index in [1.807, 2.05) is 13.0 Å². The average Bonchev–Trinajstić information content (AvgIpc) is 2.90. The van der Waals surface area contributed by atoms with E-state index in [0.717, 1.165) is 14.9 Å². The number of nitrogens with one attached hydrogen (secondary N) is 2. The number of hydrogen-bond donors (Lipinski definition) is 2. The van der Waals surface area contributed by atoms with Gasteiger partial charge in [0.2, 0.25) is 5.91 Å². The van der Waals surface area contributed by atoms with E-state index in [9.17, 15) is 14.4 Å². The lowest BCUT2D eigenvalue weighted by atomic mass is 9.87. The topological polar surface area (TPSA) is 78.5 Å². The van der Waals surface area contributed by atoms with E-state index in [-0.39, 0.29) is 6.54 Å². The maximum Gasteiger partial charge on any atom is 0.325 e. The Morgan fingerprint density at radius 1 is 1.21 bits per heavy atom. The molecular weight excluding hydrogens is 446 g/mol. The minimum atomic E-state index is -1.20. The summed E-state index contributed by atoms with van der Waals surface area (Å²) in [6, 6.07) is 11.5. The van der Waals surface area contributed by atoms with Crippen LogP contribution in [0, 0.1) is 6.92 Å². The molecule has 1 heterocycles. The highest BCUT2D eigenvalue weighted by molar-refractivity contribution is 9.10. The van der Waals surface area contributed by atoms with Gasteiger partial charge in [0.1, 0.15) is 12.1 Å². The zero-order valence-corrected chi connectivity index (χ0v) is 17.7. The van der Waals surface area contributed by atoms with Crippen molar-refractivity contribution < 1.29 is 14.4 Å². The fourth-order valence-corrected chi connectivity index (χ4v) is 3.58. The molecule has 0 aromatic heterocycles. The first-order chi connectivity index (χ1) is 13.3. The van der Waals surface area contributed by atoms with E-state index in [4.69, 9.17) is 11.6 Å². The molecule has 0 bridgehead atoms. The number of anilines is 1. The Balaban J connectivity index is 1.78. The molecule has 0 saturated carbocycles.